The Morgan fingerprint density at radius 1 is 1.31 bits per heavy atom. The molecule has 4 heteroatoms. The molecule has 1 atom stereocenters. The van der Waals surface area contributed by atoms with E-state index < -0.39 is 16.8 Å². The van der Waals surface area contributed by atoms with E-state index in [1.807, 2.05) is 6.07 Å². The van der Waals surface area contributed by atoms with Gasteiger partial charge in [-0.3, -0.25) is 9.00 Å². The highest BCUT2D eigenvalue weighted by Crippen LogP contribution is 2.06. The van der Waals surface area contributed by atoms with Gasteiger partial charge in [0.1, 0.15) is 0 Å². The molecule has 0 heterocycles. The van der Waals surface area contributed by atoms with Crippen molar-refractivity contribution in [2.75, 3.05) is 5.75 Å². The van der Waals surface area contributed by atoms with Crippen LogP contribution in [0.25, 0.3) is 0 Å². The second-order valence-electron chi connectivity index (χ2n) is 2.51. The first-order valence-electron chi connectivity index (χ1n) is 3.85. The van der Waals surface area contributed by atoms with Gasteiger partial charge in [0.05, 0.1) is 17.2 Å². The second kappa shape index (κ2) is 4.77. The first-order chi connectivity index (χ1) is 6.20. The predicted octanol–water partition coefficient (Wildman–Crippen LogP) is 1.27. The maximum absolute atomic E-state index is 11.4. The summed E-state index contributed by atoms with van der Waals surface area (Å²) in [6.45, 7) is 0. The highest BCUT2D eigenvalue weighted by atomic mass is 32.2. The van der Waals surface area contributed by atoms with E-state index in [4.69, 9.17) is 5.11 Å². The average molecular weight is 198 g/mol. The Hall–Kier alpha value is -1.16. The summed E-state index contributed by atoms with van der Waals surface area (Å²) in [4.78, 5) is 10.9. The van der Waals surface area contributed by atoms with Gasteiger partial charge in [-0.1, -0.05) is 18.2 Å². The lowest BCUT2D eigenvalue weighted by atomic mass is 10.4. The number of aliphatic carboxylic acids is 1. The molecule has 0 fully saturated rings. The zero-order valence-corrected chi connectivity index (χ0v) is 7.79. The molecular formula is C9H10O3S. The molecule has 0 spiro atoms. The Morgan fingerprint density at radius 2 is 1.92 bits per heavy atom. The summed E-state index contributed by atoms with van der Waals surface area (Å²) in [5, 5.41) is 8.37. The van der Waals surface area contributed by atoms with Crippen molar-refractivity contribution < 1.29 is 14.1 Å². The van der Waals surface area contributed by atoms with E-state index in [2.05, 4.69) is 0 Å². The zero-order chi connectivity index (χ0) is 9.68. The van der Waals surface area contributed by atoms with Crippen molar-refractivity contribution in [1.82, 2.24) is 0 Å². The van der Waals surface area contributed by atoms with Gasteiger partial charge in [0, 0.05) is 10.6 Å². The summed E-state index contributed by atoms with van der Waals surface area (Å²) in [5.41, 5.74) is 0. The number of carboxylic acids is 1. The molecule has 1 rings (SSSR count). The summed E-state index contributed by atoms with van der Waals surface area (Å²) >= 11 is 0. The molecule has 0 aliphatic heterocycles. The van der Waals surface area contributed by atoms with Gasteiger partial charge in [-0.25, -0.2) is 0 Å². The molecule has 13 heavy (non-hydrogen) atoms. The lowest BCUT2D eigenvalue weighted by Crippen LogP contribution is -2.04. The van der Waals surface area contributed by atoms with Crippen molar-refractivity contribution in [2.45, 2.75) is 11.3 Å². The lowest BCUT2D eigenvalue weighted by molar-refractivity contribution is -0.136. The van der Waals surface area contributed by atoms with Crippen LogP contribution in [0.4, 0.5) is 0 Å². The van der Waals surface area contributed by atoms with Crippen molar-refractivity contribution in [3.8, 4) is 0 Å². The van der Waals surface area contributed by atoms with Crippen LogP contribution >= 0.6 is 0 Å². The number of carboxylic acid groups (broad SMARTS) is 1. The molecule has 0 aromatic heterocycles. The standard InChI is InChI=1S/C9H10O3S/c10-9(11)6-7-13(12)8-4-2-1-3-5-8/h1-5H,6-7H2,(H,10,11)/t13-/m1/s1. The van der Waals surface area contributed by atoms with Crippen molar-refractivity contribution >= 4 is 16.8 Å². The molecular weight excluding hydrogens is 188 g/mol. The van der Waals surface area contributed by atoms with Gasteiger partial charge in [-0.15, -0.1) is 0 Å². The van der Waals surface area contributed by atoms with E-state index in [0.29, 0.717) is 4.90 Å². The molecule has 1 aromatic rings. The Kier molecular flexibility index (Phi) is 3.64. The quantitative estimate of drug-likeness (QED) is 0.792. The second-order valence-corrected chi connectivity index (χ2v) is 4.08. The largest absolute Gasteiger partial charge is 0.481 e. The third-order valence-corrected chi connectivity index (χ3v) is 2.88. The summed E-state index contributed by atoms with van der Waals surface area (Å²) in [6, 6.07) is 8.87. The van der Waals surface area contributed by atoms with Crippen molar-refractivity contribution in [3.05, 3.63) is 30.3 Å². The number of hydrogen-bond donors (Lipinski definition) is 1. The summed E-state index contributed by atoms with van der Waals surface area (Å²) in [7, 11) is -1.18. The first kappa shape index (κ1) is 9.92. The Balaban J connectivity index is 2.54. The Bertz CT molecular complexity index is 308. The van der Waals surface area contributed by atoms with Gasteiger partial charge in [0.25, 0.3) is 0 Å². The number of rotatable bonds is 4. The minimum absolute atomic E-state index is 0.0541. The molecule has 0 radical (unpaired) electrons. The van der Waals surface area contributed by atoms with Gasteiger partial charge < -0.3 is 5.11 Å². The van der Waals surface area contributed by atoms with Crippen molar-refractivity contribution in [3.63, 3.8) is 0 Å². The van der Waals surface area contributed by atoms with Crippen LogP contribution in [-0.2, 0) is 15.6 Å². The highest BCUT2D eigenvalue weighted by Gasteiger charge is 2.05. The molecule has 0 unspecified atom stereocenters. The topological polar surface area (TPSA) is 54.4 Å². The monoisotopic (exact) mass is 198 g/mol. The summed E-state index contributed by atoms with van der Waals surface area (Å²) in [5.74, 6) is -0.733. The van der Waals surface area contributed by atoms with Crippen molar-refractivity contribution in [1.29, 1.82) is 0 Å². The smallest absolute Gasteiger partial charge is 0.304 e. The molecule has 0 saturated carbocycles. The number of benzene rings is 1. The highest BCUT2D eigenvalue weighted by molar-refractivity contribution is 7.85. The maximum atomic E-state index is 11.4. The van der Waals surface area contributed by atoms with Crippen LogP contribution in [0.15, 0.2) is 35.2 Å². The Labute approximate surface area is 78.9 Å². The van der Waals surface area contributed by atoms with Crippen LogP contribution in [-0.4, -0.2) is 21.0 Å². The van der Waals surface area contributed by atoms with Gasteiger partial charge in [0.2, 0.25) is 0 Å². The number of hydrogen-bond acceptors (Lipinski definition) is 2. The first-order valence-corrected chi connectivity index (χ1v) is 5.17. The summed E-state index contributed by atoms with van der Waals surface area (Å²) in [6.07, 6.45) is -0.0541. The van der Waals surface area contributed by atoms with E-state index in [1.54, 1.807) is 24.3 Å². The molecule has 0 aliphatic rings. The fraction of sp³-hybridized carbons (Fsp3) is 0.222. The van der Waals surface area contributed by atoms with E-state index in [-0.39, 0.29) is 12.2 Å². The minimum Gasteiger partial charge on any atom is -0.481 e. The van der Waals surface area contributed by atoms with Crippen LogP contribution in [0.1, 0.15) is 6.42 Å². The molecule has 0 amide bonds. The molecule has 0 aliphatic carbocycles. The lowest BCUT2D eigenvalue weighted by Gasteiger charge is -1.98. The van der Waals surface area contributed by atoms with Crippen molar-refractivity contribution in [2.24, 2.45) is 0 Å². The van der Waals surface area contributed by atoms with E-state index in [0.717, 1.165) is 0 Å². The van der Waals surface area contributed by atoms with Crippen LogP contribution in [0.5, 0.6) is 0 Å². The molecule has 0 saturated heterocycles. The average Bonchev–Trinajstić information content (AvgIpc) is 2.15. The van der Waals surface area contributed by atoms with Crippen LogP contribution in [0.3, 0.4) is 0 Å². The van der Waals surface area contributed by atoms with Gasteiger partial charge in [0.15, 0.2) is 0 Å². The zero-order valence-electron chi connectivity index (χ0n) is 6.97. The van der Waals surface area contributed by atoms with Crippen LogP contribution in [0.2, 0.25) is 0 Å². The molecule has 1 N–H and O–H groups in total. The van der Waals surface area contributed by atoms with Crippen LogP contribution in [0, 0.1) is 0 Å². The van der Waals surface area contributed by atoms with E-state index in [9.17, 15) is 9.00 Å². The molecule has 1 aromatic carbocycles. The number of carbonyl (C=O) groups is 1. The third kappa shape index (κ3) is 3.38. The molecule has 70 valence electrons. The van der Waals surface area contributed by atoms with E-state index >= 15 is 0 Å². The maximum Gasteiger partial charge on any atom is 0.304 e. The Morgan fingerprint density at radius 3 is 2.46 bits per heavy atom. The third-order valence-electron chi connectivity index (χ3n) is 1.51. The van der Waals surface area contributed by atoms with E-state index in [1.165, 1.54) is 0 Å². The fourth-order valence-corrected chi connectivity index (χ4v) is 1.93. The minimum atomic E-state index is -1.18. The normalized spacial score (nSPS) is 12.3. The van der Waals surface area contributed by atoms with Gasteiger partial charge in [-0.05, 0) is 12.1 Å². The predicted molar refractivity (Wildman–Crippen MR) is 50.0 cm³/mol. The summed E-state index contributed by atoms with van der Waals surface area (Å²) < 4.78 is 11.4. The molecule has 0 bridgehead atoms. The van der Waals surface area contributed by atoms with Crippen LogP contribution < -0.4 is 0 Å². The van der Waals surface area contributed by atoms with Gasteiger partial charge in [-0.2, -0.15) is 0 Å². The SMILES string of the molecule is O=C(O)CC[S@@](=O)c1ccccc1. The van der Waals surface area contributed by atoms with Gasteiger partial charge >= 0.3 is 5.97 Å². The fourth-order valence-electron chi connectivity index (χ4n) is 0.870. The molecule has 3 nitrogen and oxygen atoms in total.